The number of cyclic esters (lactones) is 1. The Morgan fingerprint density at radius 1 is 0.821 bits per heavy atom. The molecule has 4 aliphatic rings. The van der Waals surface area contributed by atoms with Crippen molar-refractivity contribution >= 4 is 29.5 Å². The number of ether oxygens (including phenoxy) is 11. The van der Waals surface area contributed by atoms with Gasteiger partial charge >= 0.3 is 18.0 Å². The molecule has 1 aromatic rings. The molecule has 4 N–H and O–H groups in total. The molecule has 4 aliphatic heterocycles. The third-order valence-corrected chi connectivity index (χ3v) is 15.7. The lowest BCUT2D eigenvalue weighted by Gasteiger charge is -2.45. The molecule has 11 unspecified atom stereocenters. The van der Waals surface area contributed by atoms with E-state index in [2.05, 4.69) is 15.8 Å². The van der Waals surface area contributed by atoms with Gasteiger partial charge in [0.05, 0.1) is 54.7 Å². The minimum absolute atomic E-state index is 0.00946. The Morgan fingerprint density at radius 2 is 1.50 bits per heavy atom. The Hall–Kier alpha value is -3.87. The van der Waals surface area contributed by atoms with Crippen molar-refractivity contribution in [2.75, 3.05) is 34.5 Å². The van der Waals surface area contributed by atoms with Crippen molar-refractivity contribution in [2.24, 2.45) is 46.6 Å². The van der Waals surface area contributed by atoms with E-state index in [1.807, 2.05) is 78.8 Å². The molecule has 0 aromatic heterocycles. The number of alkyl carbamates (subject to hydrolysis) is 1. The first-order valence-corrected chi connectivity index (χ1v) is 27.9. The second-order valence-corrected chi connectivity index (χ2v) is 23.0. The molecule has 0 radical (unpaired) electrons. The smallest absolute Gasteiger partial charge is 0.408 e. The number of Topliss-reactive ketones (excluding diaryl/α,β-unsaturated/α-hetero) is 1. The molecule has 21 heteroatoms. The molecule has 4 heterocycles. The van der Waals surface area contributed by atoms with Crippen molar-refractivity contribution in [3.8, 4) is 0 Å². The number of carbonyl (C=O) groups excluding carboxylic acids is 4. The fraction of sp³-hybridized carbons (Fsp3) is 0.807. The van der Waals surface area contributed by atoms with Gasteiger partial charge in [0.15, 0.2) is 30.3 Å². The number of amides is 1. The molecule has 4 fully saturated rings. The van der Waals surface area contributed by atoms with Gasteiger partial charge in [-0.15, -0.1) is 0 Å². The zero-order valence-electron chi connectivity index (χ0n) is 48.9. The summed E-state index contributed by atoms with van der Waals surface area (Å²) in [6.45, 7) is 23.8. The van der Waals surface area contributed by atoms with E-state index < -0.39 is 145 Å². The van der Waals surface area contributed by atoms with Crippen LogP contribution in [-0.2, 0) is 77.9 Å². The van der Waals surface area contributed by atoms with Gasteiger partial charge in [0.25, 0.3) is 0 Å². The van der Waals surface area contributed by atoms with Crippen LogP contribution in [0.3, 0.4) is 0 Å². The van der Waals surface area contributed by atoms with E-state index in [9.17, 15) is 19.8 Å². The van der Waals surface area contributed by atoms with Gasteiger partial charge in [0, 0.05) is 70.4 Å². The maximum atomic E-state index is 15.8. The van der Waals surface area contributed by atoms with Gasteiger partial charge in [0.1, 0.15) is 43.7 Å². The first kappa shape index (κ1) is 64.9. The van der Waals surface area contributed by atoms with E-state index in [0.717, 1.165) is 5.56 Å². The second kappa shape index (κ2) is 29.7. The van der Waals surface area contributed by atoms with Gasteiger partial charge in [-0.2, -0.15) is 0 Å². The van der Waals surface area contributed by atoms with Crippen LogP contribution in [0.1, 0.15) is 121 Å². The van der Waals surface area contributed by atoms with Crippen molar-refractivity contribution in [2.45, 2.75) is 220 Å². The number of nitrogens with one attached hydrogen (secondary N) is 2. The summed E-state index contributed by atoms with van der Waals surface area (Å²) in [4.78, 5) is 64.4. The van der Waals surface area contributed by atoms with E-state index in [1.165, 1.54) is 28.3 Å². The molecule has 0 spiro atoms. The number of esters is 2. The van der Waals surface area contributed by atoms with Crippen LogP contribution in [0.5, 0.6) is 0 Å². The zero-order chi connectivity index (χ0) is 57.8. The van der Waals surface area contributed by atoms with Gasteiger partial charge in [-0.25, -0.2) is 4.79 Å². The van der Waals surface area contributed by atoms with E-state index >= 15 is 9.59 Å². The molecular formula is C57H93N3O18. The first-order valence-electron chi connectivity index (χ1n) is 27.9. The fourth-order valence-electron chi connectivity index (χ4n) is 11.5. The molecule has 5 rings (SSSR count). The zero-order valence-corrected chi connectivity index (χ0v) is 48.9. The molecule has 444 valence electrons. The van der Waals surface area contributed by atoms with Crippen LogP contribution in [0.15, 0.2) is 35.5 Å². The Kier molecular flexibility index (Phi) is 24.8. The van der Waals surface area contributed by atoms with Gasteiger partial charge < -0.3 is 77.8 Å². The third-order valence-electron chi connectivity index (χ3n) is 15.7. The summed E-state index contributed by atoms with van der Waals surface area (Å²) in [6, 6.07) is 9.19. The van der Waals surface area contributed by atoms with E-state index in [4.69, 9.17) is 56.9 Å². The summed E-state index contributed by atoms with van der Waals surface area (Å²) in [6.07, 6.45) is -13.5. The summed E-state index contributed by atoms with van der Waals surface area (Å²) < 4.78 is 70.1. The summed E-state index contributed by atoms with van der Waals surface area (Å²) in [7, 11) is 4.29. The highest BCUT2D eigenvalue weighted by molar-refractivity contribution is 5.91. The average molecular weight is 1110 g/mol. The van der Waals surface area contributed by atoms with Crippen molar-refractivity contribution in [1.82, 2.24) is 10.6 Å². The first-order chi connectivity index (χ1) is 36.8. The summed E-state index contributed by atoms with van der Waals surface area (Å²) in [5.41, 5.74) is -0.874. The highest BCUT2D eigenvalue weighted by atomic mass is 16.7. The van der Waals surface area contributed by atoms with Gasteiger partial charge in [-0.1, -0.05) is 84.0 Å². The number of hydrogen-bond acceptors (Lipinski definition) is 20. The summed E-state index contributed by atoms with van der Waals surface area (Å²) >= 11 is 0. The Bertz CT molecular complexity index is 2070. The van der Waals surface area contributed by atoms with Crippen molar-refractivity contribution in [1.29, 1.82) is 0 Å². The normalized spacial score (nSPS) is 39.6. The Balaban J connectivity index is 1.69. The number of aliphatic hydroxyl groups excluding tert-OH is 2. The number of rotatable bonds is 17. The molecule has 21 nitrogen and oxygen atoms in total. The predicted molar refractivity (Wildman–Crippen MR) is 285 cm³/mol. The number of aliphatic hydroxyl groups is 2. The largest absolute Gasteiger partial charge is 0.461 e. The molecular weight excluding hydrogens is 1010 g/mol. The van der Waals surface area contributed by atoms with Crippen LogP contribution >= 0.6 is 0 Å². The summed E-state index contributed by atoms with van der Waals surface area (Å²) in [5, 5.41) is 33.1. The standard InChI is InChI=1S/C57H93N3O18/c1-29(2)22-42(61)74-48-36(9)47(31(4)28-70-55-51(68-15)50(67-14)44(62)39(12)73-55)76-53(65)38(11)49(75-43-23-32(5)58-26-34(7)71-43)35(8)46(77-54-45(63)41(60-69-16)24-33(6)72-54)30(3)25-57(13,52(64)37(48)10)78-56(66)59-27-40-20-18-17-19-21-40/h17-21,29-39,43-51,54-55,58,62-63H,22-28H2,1-16H3,(H,59,66)/t30?,31?,32-,33-,34+,35?,36?,37?,38?,39-,43+,44-,45-,46?,47?,48?,49?,50-,51-,54+,55-,57?/m1/s1. The van der Waals surface area contributed by atoms with E-state index in [1.54, 1.807) is 34.6 Å². The monoisotopic (exact) mass is 1110 g/mol. The number of nitrogens with zero attached hydrogens (tertiary/aromatic N) is 1. The minimum atomic E-state index is -1.95. The van der Waals surface area contributed by atoms with E-state index in [-0.39, 0.29) is 56.2 Å². The Labute approximate surface area is 462 Å². The molecule has 4 saturated heterocycles. The molecule has 0 aliphatic carbocycles. The van der Waals surface area contributed by atoms with Crippen molar-refractivity contribution in [3.63, 3.8) is 0 Å². The van der Waals surface area contributed by atoms with Crippen LogP contribution in [0, 0.1) is 41.4 Å². The second-order valence-electron chi connectivity index (χ2n) is 23.0. The summed E-state index contributed by atoms with van der Waals surface area (Å²) in [5.74, 6) is -7.37. The number of carbonyl (C=O) groups is 4. The molecule has 0 bridgehead atoms. The minimum Gasteiger partial charge on any atom is -0.461 e. The lowest BCUT2D eigenvalue weighted by Crippen LogP contribution is -2.59. The lowest BCUT2D eigenvalue weighted by atomic mass is 9.74. The van der Waals surface area contributed by atoms with Crippen LogP contribution in [0.4, 0.5) is 4.79 Å². The van der Waals surface area contributed by atoms with Crippen molar-refractivity contribution in [3.05, 3.63) is 35.9 Å². The number of benzene rings is 1. The van der Waals surface area contributed by atoms with Crippen molar-refractivity contribution < 1.29 is 86.3 Å². The molecule has 78 heavy (non-hydrogen) atoms. The maximum Gasteiger partial charge on any atom is 0.408 e. The lowest BCUT2D eigenvalue weighted by molar-refractivity contribution is -0.305. The highest BCUT2D eigenvalue weighted by Crippen LogP contribution is 2.40. The molecule has 0 saturated carbocycles. The van der Waals surface area contributed by atoms with E-state index in [0.29, 0.717) is 13.0 Å². The number of hydrogen-bond donors (Lipinski definition) is 4. The molecule has 22 atom stereocenters. The SMILES string of the molecule is CON=C1C[C@@H](C)O[C@@H](OC2C(C)CC(C)(OC(=O)NCc3ccccc3)C(=O)C(C)C(OC(=O)CC(C)C)C(C)C(C(C)CO[C@@H]3O[C@H](C)[C@@H](O)[C@@H](OC)[C@H]3OC)OC(=O)C(C)C(O[C@H]3C[C@@H](C)NC[C@H](C)O3)C2C)[C@@H]1O. The predicted octanol–water partition coefficient (Wildman–Crippen LogP) is 5.86. The van der Waals surface area contributed by atoms with Gasteiger partial charge in [0.2, 0.25) is 0 Å². The van der Waals surface area contributed by atoms with Crippen LogP contribution < -0.4 is 10.6 Å². The molecule has 1 aromatic carbocycles. The Morgan fingerprint density at radius 3 is 2.14 bits per heavy atom. The average Bonchev–Trinajstić information content (AvgIpc) is 3.58. The molecule has 1 amide bonds. The highest BCUT2D eigenvalue weighted by Gasteiger charge is 2.52. The van der Waals surface area contributed by atoms with Crippen LogP contribution in [0.25, 0.3) is 0 Å². The maximum absolute atomic E-state index is 15.8. The number of methoxy groups -OCH3 is 2. The number of ketones is 1. The topological polar surface area (TPSA) is 256 Å². The van der Waals surface area contributed by atoms with Gasteiger partial charge in [-0.3, -0.25) is 14.4 Å². The third kappa shape index (κ3) is 17.1. The fourth-order valence-corrected chi connectivity index (χ4v) is 11.5. The van der Waals surface area contributed by atoms with Crippen LogP contribution in [-0.4, -0.2) is 172 Å². The van der Waals surface area contributed by atoms with Gasteiger partial charge in [-0.05, 0) is 65.4 Å². The quantitative estimate of drug-likeness (QED) is 0.0809. The number of oxime groups is 1. The van der Waals surface area contributed by atoms with Crippen LogP contribution in [0.2, 0.25) is 0 Å².